The Hall–Kier alpha value is -6.03. The molecule has 212 valence electrons. The number of benzene rings is 4. The van der Waals surface area contributed by atoms with Gasteiger partial charge in [0, 0.05) is 41.2 Å². The van der Waals surface area contributed by atoms with Crippen molar-refractivity contribution in [2.45, 2.75) is 6.42 Å². The number of non-ortho nitro benzene ring substituents is 1. The number of carbonyl (C=O) groups is 1. The average molecular weight is 571 g/mol. The van der Waals surface area contributed by atoms with Crippen LogP contribution in [0.25, 0.3) is 33.6 Å². The van der Waals surface area contributed by atoms with Crippen LogP contribution in [0.2, 0.25) is 0 Å². The first-order chi connectivity index (χ1) is 21.0. The lowest BCUT2D eigenvalue weighted by atomic mass is 9.99. The molecule has 2 heterocycles. The third-order valence-corrected chi connectivity index (χ3v) is 6.82. The summed E-state index contributed by atoms with van der Waals surface area (Å²) >= 11 is 0. The van der Waals surface area contributed by atoms with Gasteiger partial charge in [-0.15, -0.1) is 0 Å². The second-order valence-electron chi connectivity index (χ2n) is 9.70. The lowest BCUT2D eigenvalue weighted by Crippen LogP contribution is -2.19. The summed E-state index contributed by atoms with van der Waals surface area (Å²) in [5, 5.41) is 21.2. The molecule has 0 aliphatic carbocycles. The van der Waals surface area contributed by atoms with E-state index in [-0.39, 0.29) is 11.7 Å². The molecule has 10 nitrogen and oxygen atoms in total. The second kappa shape index (κ2) is 12.2. The zero-order valence-electron chi connectivity index (χ0n) is 22.9. The van der Waals surface area contributed by atoms with E-state index in [1.54, 1.807) is 6.07 Å². The number of hydrogen-bond donors (Lipinski definition) is 3. The molecule has 43 heavy (non-hydrogen) atoms. The van der Waals surface area contributed by atoms with Gasteiger partial charge in [-0.2, -0.15) is 0 Å². The Labute approximate surface area is 246 Å². The number of carbonyl (C=O) groups excluding carboxylic acids is 1. The first-order valence-electron chi connectivity index (χ1n) is 13.6. The molecule has 0 aliphatic rings. The molecule has 4 aromatic carbocycles. The predicted molar refractivity (Wildman–Crippen MR) is 167 cm³/mol. The number of aromatic nitrogens is 2. The minimum absolute atomic E-state index is 0.0206. The van der Waals surface area contributed by atoms with Gasteiger partial charge in [-0.1, -0.05) is 72.8 Å². The Morgan fingerprint density at radius 1 is 0.791 bits per heavy atom. The SMILES string of the molecule is O=C(Nc1ccccc1)Nc1ccc(CCNc2ncnc3oc(-c4ccccc4)c(-c4cccc([N+](=O)[O-])c4)c23)cc1. The largest absolute Gasteiger partial charge is 0.437 e. The topological polar surface area (TPSA) is 135 Å². The van der Waals surface area contributed by atoms with Crippen molar-refractivity contribution in [2.75, 3.05) is 22.5 Å². The summed E-state index contributed by atoms with van der Waals surface area (Å²) in [5.41, 5.74) is 4.93. The van der Waals surface area contributed by atoms with Crippen molar-refractivity contribution >= 4 is 40.0 Å². The van der Waals surface area contributed by atoms with Crippen LogP contribution < -0.4 is 16.0 Å². The van der Waals surface area contributed by atoms with Gasteiger partial charge in [-0.3, -0.25) is 10.1 Å². The number of nitrogens with zero attached hydrogens (tertiary/aromatic N) is 3. The molecule has 3 N–H and O–H groups in total. The number of furan rings is 1. The predicted octanol–water partition coefficient (Wildman–Crippen LogP) is 7.76. The van der Waals surface area contributed by atoms with Crippen LogP contribution >= 0.6 is 0 Å². The molecule has 0 saturated carbocycles. The Kier molecular flexibility index (Phi) is 7.72. The zero-order valence-corrected chi connectivity index (χ0v) is 22.9. The van der Waals surface area contributed by atoms with Crippen LogP contribution in [-0.2, 0) is 6.42 Å². The molecule has 0 spiro atoms. The molecule has 6 aromatic rings. The summed E-state index contributed by atoms with van der Waals surface area (Å²) in [5.74, 6) is 1.12. The molecule has 2 amide bonds. The molecular formula is C33H26N6O4. The molecule has 10 heteroatoms. The van der Waals surface area contributed by atoms with E-state index in [9.17, 15) is 14.9 Å². The van der Waals surface area contributed by atoms with Crippen molar-refractivity contribution < 1.29 is 14.1 Å². The van der Waals surface area contributed by atoms with Crippen LogP contribution in [0.3, 0.4) is 0 Å². The van der Waals surface area contributed by atoms with E-state index in [1.807, 2.05) is 91.0 Å². The van der Waals surface area contributed by atoms with E-state index >= 15 is 0 Å². The summed E-state index contributed by atoms with van der Waals surface area (Å²) in [6.07, 6.45) is 2.11. The van der Waals surface area contributed by atoms with Crippen LogP contribution in [-0.4, -0.2) is 27.5 Å². The monoisotopic (exact) mass is 570 g/mol. The molecular weight excluding hydrogens is 544 g/mol. The lowest BCUT2D eigenvalue weighted by molar-refractivity contribution is -0.384. The maximum Gasteiger partial charge on any atom is 0.323 e. The summed E-state index contributed by atoms with van der Waals surface area (Å²) in [4.78, 5) is 32.3. The van der Waals surface area contributed by atoms with Crippen molar-refractivity contribution in [3.63, 3.8) is 0 Å². The van der Waals surface area contributed by atoms with E-state index in [1.165, 1.54) is 18.5 Å². The highest BCUT2D eigenvalue weighted by Gasteiger charge is 2.23. The van der Waals surface area contributed by atoms with Crippen LogP contribution in [0.1, 0.15) is 5.56 Å². The number of fused-ring (bicyclic) bond motifs is 1. The smallest absolute Gasteiger partial charge is 0.323 e. The number of para-hydroxylation sites is 1. The van der Waals surface area contributed by atoms with Gasteiger partial charge >= 0.3 is 6.03 Å². The van der Waals surface area contributed by atoms with Crippen molar-refractivity contribution in [1.82, 2.24) is 9.97 Å². The summed E-state index contributed by atoms with van der Waals surface area (Å²) in [6, 6.07) is 32.5. The molecule has 0 fully saturated rings. The third-order valence-electron chi connectivity index (χ3n) is 6.82. The molecule has 2 aromatic heterocycles. The third kappa shape index (κ3) is 6.18. The van der Waals surface area contributed by atoms with Crippen LogP contribution in [0, 0.1) is 10.1 Å². The highest BCUT2D eigenvalue weighted by Crippen LogP contribution is 2.43. The number of nitro benzene ring substituents is 1. The van der Waals surface area contributed by atoms with Crippen molar-refractivity contribution in [2.24, 2.45) is 0 Å². The van der Waals surface area contributed by atoms with Crippen LogP contribution in [0.15, 0.2) is 120 Å². The van der Waals surface area contributed by atoms with Crippen molar-refractivity contribution in [3.05, 3.63) is 131 Å². The molecule has 0 saturated heterocycles. The van der Waals surface area contributed by atoms with Crippen LogP contribution in [0.5, 0.6) is 0 Å². The standard InChI is InChI=1S/C33H26N6O4/c40-33(37-25-11-5-2-6-12-25)38-26-16-14-22(15-17-26)18-19-34-31-29-28(24-10-7-13-27(20-24)39(41)42)30(23-8-3-1-4-9-23)43-32(29)36-21-35-31/h1-17,20-21H,18-19H2,(H,34,35,36)(H2,37,38,40). The van der Waals surface area contributed by atoms with Crippen LogP contribution in [0.4, 0.5) is 27.7 Å². The van der Waals surface area contributed by atoms with E-state index in [4.69, 9.17) is 4.42 Å². The number of nitrogens with one attached hydrogen (secondary N) is 3. The number of urea groups is 1. The Bertz CT molecular complexity index is 1890. The Morgan fingerprint density at radius 2 is 1.47 bits per heavy atom. The molecule has 6 rings (SSSR count). The highest BCUT2D eigenvalue weighted by atomic mass is 16.6. The fourth-order valence-electron chi connectivity index (χ4n) is 4.81. The number of anilines is 3. The molecule has 0 unspecified atom stereocenters. The zero-order chi connectivity index (χ0) is 29.6. The minimum atomic E-state index is -0.417. The van der Waals surface area contributed by atoms with E-state index in [0.29, 0.717) is 58.1 Å². The van der Waals surface area contributed by atoms with Gasteiger partial charge < -0.3 is 20.4 Å². The summed E-state index contributed by atoms with van der Waals surface area (Å²) in [7, 11) is 0. The first kappa shape index (κ1) is 27.2. The molecule has 0 aliphatic heterocycles. The van der Waals surface area contributed by atoms with Gasteiger partial charge in [-0.25, -0.2) is 14.8 Å². The van der Waals surface area contributed by atoms with E-state index in [2.05, 4.69) is 25.9 Å². The number of nitro groups is 1. The second-order valence-corrected chi connectivity index (χ2v) is 9.70. The Balaban J connectivity index is 1.22. The van der Waals surface area contributed by atoms with Gasteiger partial charge in [0.05, 0.1) is 10.3 Å². The summed E-state index contributed by atoms with van der Waals surface area (Å²) in [6.45, 7) is 0.549. The van der Waals surface area contributed by atoms with Crippen molar-refractivity contribution in [1.29, 1.82) is 0 Å². The quantitative estimate of drug-likeness (QED) is 0.119. The number of hydrogen-bond acceptors (Lipinski definition) is 7. The summed E-state index contributed by atoms with van der Waals surface area (Å²) < 4.78 is 6.23. The maximum absolute atomic E-state index is 12.3. The maximum atomic E-state index is 12.3. The Morgan fingerprint density at radius 3 is 2.19 bits per heavy atom. The van der Waals surface area contributed by atoms with E-state index < -0.39 is 4.92 Å². The minimum Gasteiger partial charge on any atom is -0.437 e. The lowest BCUT2D eigenvalue weighted by Gasteiger charge is -2.10. The normalized spacial score (nSPS) is 10.8. The average Bonchev–Trinajstić information content (AvgIpc) is 3.43. The molecule has 0 radical (unpaired) electrons. The van der Waals surface area contributed by atoms with Crippen molar-refractivity contribution in [3.8, 4) is 22.5 Å². The number of amides is 2. The highest BCUT2D eigenvalue weighted by molar-refractivity contribution is 6.06. The van der Waals surface area contributed by atoms with E-state index in [0.717, 1.165) is 11.1 Å². The van der Waals surface area contributed by atoms with Gasteiger partial charge in [0.2, 0.25) is 5.71 Å². The van der Waals surface area contributed by atoms with Gasteiger partial charge in [-0.05, 0) is 41.8 Å². The van der Waals surface area contributed by atoms with Gasteiger partial charge in [0.25, 0.3) is 5.69 Å². The first-order valence-corrected chi connectivity index (χ1v) is 13.6. The number of rotatable bonds is 9. The fourth-order valence-corrected chi connectivity index (χ4v) is 4.81. The molecule has 0 bridgehead atoms. The van der Waals surface area contributed by atoms with Gasteiger partial charge in [0.15, 0.2) is 0 Å². The fraction of sp³-hybridized carbons (Fsp3) is 0.0606. The van der Waals surface area contributed by atoms with Gasteiger partial charge in [0.1, 0.15) is 17.9 Å². The molecule has 0 atom stereocenters.